The Morgan fingerprint density at radius 3 is 1.22 bits per heavy atom. The molecule has 2 atom stereocenters. The molecule has 0 aromatic rings. The molecule has 0 heterocycles. The Morgan fingerprint density at radius 2 is 1.16 bits per heavy atom. The Morgan fingerprint density at radius 1 is 0.750 bits per heavy atom. The van der Waals surface area contributed by atoms with Crippen molar-refractivity contribution in [2.24, 2.45) is 34.1 Å². The fourth-order valence-corrected chi connectivity index (χ4v) is 1.42. The predicted molar refractivity (Wildman–Crippen MR) is 143 cm³/mol. The van der Waals surface area contributed by atoms with Gasteiger partial charge in [0.2, 0.25) is 0 Å². The summed E-state index contributed by atoms with van der Waals surface area (Å²) in [5, 5.41) is 20.2. The van der Waals surface area contributed by atoms with Crippen LogP contribution >= 0.6 is 0 Å². The molecule has 6 heteroatoms. The van der Waals surface area contributed by atoms with Gasteiger partial charge in [-0.2, -0.15) is 0 Å². The quantitative estimate of drug-likeness (QED) is 0.397. The molecule has 0 aliphatic carbocycles. The first-order valence-electron chi connectivity index (χ1n) is 12.1. The maximum Gasteiger partial charge on any atom is 0.0599 e. The van der Waals surface area contributed by atoms with Gasteiger partial charge in [-0.3, -0.25) is 0 Å². The number of β-amino-alcohol motifs (C(OH)–C–C–N with tert-alkyl or cyclic N) is 1. The van der Waals surface area contributed by atoms with Crippen molar-refractivity contribution in [2.75, 3.05) is 39.5 Å². The van der Waals surface area contributed by atoms with E-state index in [9.17, 15) is 0 Å². The number of rotatable bonds is 6. The van der Waals surface area contributed by atoms with Crippen molar-refractivity contribution in [3.63, 3.8) is 0 Å². The number of hydrogen-bond acceptors (Lipinski definition) is 6. The van der Waals surface area contributed by atoms with Gasteiger partial charge in [-0.05, 0) is 70.8 Å². The van der Waals surface area contributed by atoms with Gasteiger partial charge in [-0.15, -0.1) is 0 Å². The standard InChI is InChI=1S/C7H17N.C7H16O.2C6H15NO/c2*1-6(5-8)7(2,3)4;1-6(2,3)8-5-4-7;1-6(2,3)7-4-5-8/h6H,5,8H2,1-4H3;6,8H,5H2,1-4H3;4-5,7H2,1-3H3;7-8H,4-5H2,1-3H3. The Bertz CT molecular complexity index is 351. The zero-order valence-electron chi connectivity index (χ0n) is 24.4. The number of aliphatic hydroxyl groups is 2. The third-order valence-electron chi connectivity index (χ3n) is 5.00. The third kappa shape index (κ3) is 37.1. The van der Waals surface area contributed by atoms with E-state index in [-0.39, 0.29) is 23.2 Å². The summed E-state index contributed by atoms with van der Waals surface area (Å²) in [7, 11) is 0. The molecule has 0 spiro atoms. The van der Waals surface area contributed by atoms with Crippen molar-refractivity contribution < 1.29 is 14.9 Å². The summed E-state index contributed by atoms with van der Waals surface area (Å²) < 4.78 is 5.25. The minimum absolute atomic E-state index is 0.0284. The Kier molecular flexibility index (Phi) is 23.3. The van der Waals surface area contributed by atoms with Gasteiger partial charge < -0.3 is 31.7 Å². The van der Waals surface area contributed by atoms with Crippen LogP contribution < -0.4 is 16.8 Å². The SMILES string of the molecule is CC(C)(C)NCCO.CC(C)(C)OCCN.CC(CN)C(C)(C)C.CC(CO)C(C)(C)C. The van der Waals surface area contributed by atoms with Crippen LogP contribution in [-0.4, -0.2) is 60.8 Å². The van der Waals surface area contributed by atoms with Gasteiger partial charge in [0, 0.05) is 25.2 Å². The molecule has 0 aromatic heterocycles. The second kappa shape index (κ2) is 19.1. The minimum Gasteiger partial charge on any atom is -0.396 e. The molecular formula is C26H63N3O3. The molecule has 0 bridgehead atoms. The van der Waals surface area contributed by atoms with E-state index in [0.29, 0.717) is 43.6 Å². The Hall–Kier alpha value is -0.240. The summed E-state index contributed by atoms with van der Waals surface area (Å²) in [6, 6.07) is 0. The normalized spacial score (nSPS) is 14.1. The monoisotopic (exact) mass is 465 g/mol. The van der Waals surface area contributed by atoms with E-state index in [1.807, 2.05) is 20.8 Å². The molecule has 0 aliphatic rings. The molecular weight excluding hydrogens is 402 g/mol. The summed E-state index contributed by atoms with van der Waals surface area (Å²) in [5.41, 5.74) is 11.4. The average Bonchev–Trinajstić information content (AvgIpc) is 2.62. The molecule has 0 amide bonds. The van der Waals surface area contributed by atoms with Crippen LogP contribution in [0.3, 0.4) is 0 Å². The fraction of sp³-hybridized carbons (Fsp3) is 1.00. The molecule has 0 saturated heterocycles. The lowest BCUT2D eigenvalue weighted by molar-refractivity contribution is 0.00195. The molecule has 7 N–H and O–H groups in total. The van der Waals surface area contributed by atoms with Gasteiger partial charge in [-0.25, -0.2) is 0 Å². The highest BCUT2D eigenvalue weighted by atomic mass is 16.5. The van der Waals surface area contributed by atoms with Crippen LogP contribution in [0.5, 0.6) is 0 Å². The molecule has 0 aromatic carbocycles. The predicted octanol–water partition coefficient (Wildman–Crippen LogP) is 4.42. The van der Waals surface area contributed by atoms with Crippen LogP contribution in [0.2, 0.25) is 0 Å². The Balaban J connectivity index is -0.000000163. The number of hydrogen-bond donors (Lipinski definition) is 5. The van der Waals surface area contributed by atoms with E-state index in [4.69, 9.17) is 26.4 Å². The van der Waals surface area contributed by atoms with Crippen LogP contribution in [-0.2, 0) is 4.74 Å². The summed E-state index contributed by atoms with van der Waals surface area (Å²) >= 11 is 0. The van der Waals surface area contributed by atoms with Crippen LogP contribution in [0.25, 0.3) is 0 Å². The number of nitrogens with two attached hydrogens (primary N) is 2. The molecule has 0 saturated carbocycles. The van der Waals surface area contributed by atoms with E-state index in [2.05, 4.69) is 81.5 Å². The molecule has 0 radical (unpaired) electrons. The summed E-state index contributed by atoms with van der Waals surface area (Å²) in [6.45, 7) is 32.8. The maximum absolute atomic E-state index is 8.67. The van der Waals surface area contributed by atoms with Gasteiger partial charge in [0.15, 0.2) is 0 Å². The number of aliphatic hydroxyl groups excluding tert-OH is 2. The zero-order valence-corrected chi connectivity index (χ0v) is 24.4. The van der Waals surface area contributed by atoms with Crippen LogP contribution in [0.1, 0.15) is 96.9 Å². The van der Waals surface area contributed by atoms with Crippen LogP contribution in [0.4, 0.5) is 0 Å². The second-order valence-corrected chi connectivity index (χ2v) is 12.6. The van der Waals surface area contributed by atoms with E-state index in [0.717, 1.165) is 6.54 Å². The summed E-state index contributed by atoms with van der Waals surface area (Å²) in [4.78, 5) is 0. The average molecular weight is 466 g/mol. The lowest BCUT2D eigenvalue weighted by Gasteiger charge is -2.25. The first kappa shape index (κ1) is 39.0. The van der Waals surface area contributed by atoms with Crippen molar-refractivity contribution in [2.45, 2.75) is 108 Å². The van der Waals surface area contributed by atoms with Crippen molar-refractivity contribution in [1.82, 2.24) is 5.32 Å². The van der Waals surface area contributed by atoms with Gasteiger partial charge >= 0.3 is 0 Å². The van der Waals surface area contributed by atoms with Gasteiger partial charge in [0.25, 0.3) is 0 Å². The number of nitrogens with one attached hydrogen (secondary N) is 1. The third-order valence-corrected chi connectivity index (χ3v) is 5.00. The molecule has 2 unspecified atom stereocenters. The fourth-order valence-electron chi connectivity index (χ4n) is 1.42. The second-order valence-electron chi connectivity index (χ2n) is 12.6. The van der Waals surface area contributed by atoms with Gasteiger partial charge in [0.05, 0.1) is 18.8 Å². The van der Waals surface area contributed by atoms with Crippen molar-refractivity contribution in [1.29, 1.82) is 0 Å². The molecule has 6 nitrogen and oxygen atoms in total. The van der Waals surface area contributed by atoms with E-state index >= 15 is 0 Å². The Labute approximate surface area is 202 Å². The van der Waals surface area contributed by atoms with E-state index < -0.39 is 0 Å². The van der Waals surface area contributed by atoms with Crippen LogP contribution in [0, 0.1) is 22.7 Å². The zero-order chi connectivity index (χ0) is 26.8. The number of ether oxygens (including phenoxy) is 1. The van der Waals surface area contributed by atoms with Gasteiger partial charge in [0.1, 0.15) is 0 Å². The lowest BCUT2D eigenvalue weighted by Crippen LogP contribution is -2.37. The smallest absolute Gasteiger partial charge is 0.0599 e. The molecule has 0 rings (SSSR count). The highest BCUT2D eigenvalue weighted by Gasteiger charge is 2.18. The minimum atomic E-state index is -0.0284. The largest absolute Gasteiger partial charge is 0.396 e. The first-order chi connectivity index (χ1) is 14.1. The molecule has 0 fully saturated rings. The highest BCUT2D eigenvalue weighted by molar-refractivity contribution is 4.70. The highest BCUT2D eigenvalue weighted by Crippen LogP contribution is 2.24. The molecule has 0 aliphatic heterocycles. The van der Waals surface area contributed by atoms with E-state index in [1.165, 1.54) is 0 Å². The van der Waals surface area contributed by atoms with Crippen molar-refractivity contribution in [3.05, 3.63) is 0 Å². The summed E-state index contributed by atoms with van der Waals surface area (Å²) in [5.74, 6) is 1.03. The lowest BCUT2D eigenvalue weighted by atomic mass is 9.82. The van der Waals surface area contributed by atoms with Crippen LogP contribution in [0.15, 0.2) is 0 Å². The summed E-state index contributed by atoms with van der Waals surface area (Å²) in [6.07, 6.45) is 0. The maximum atomic E-state index is 8.67. The van der Waals surface area contributed by atoms with E-state index in [1.54, 1.807) is 0 Å². The first-order valence-corrected chi connectivity index (χ1v) is 12.1. The molecule has 32 heavy (non-hydrogen) atoms. The van der Waals surface area contributed by atoms with Crippen molar-refractivity contribution in [3.8, 4) is 0 Å². The van der Waals surface area contributed by atoms with Gasteiger partial charge in [-0.1, -0.05) is 55.4 Å². The van der Waals surface area contributed by atoms with Crippen molar-refractivity contribution >= 4 is 0 Å². The topological polar surface area (TPSA) is 114 Å². The molecule has 200 valence electrons.